The number of aryl methyl sites for hydroxylation is 1. The fourth-order valence-corrected chi connectivity index (χ4v) is 2.53. The Morgan fingerprint density at radius 2 is 1.90 bits per heavy atom. The molecule has 0 atom stereocenters. The maximum absolute atomic E-state index is 3.00. The summed E-state index contributed by atoms with van der Waals surface area (Å²) in [5.74, 6) is 1.21. The normalized spacial score (nSPS) is 11.2. The number of allylic oxidation sites excluding steroid dienone is 1. The van der Waals surface area contributed by atoms with E-state index in [-0.39, 0.29) is 0 Å². The highest BCUT2D eigenvalue weighted by atomic mass is 32.2. The van der Waals surface area contributed by atoms with Gasteiger partial charge in [-0.2, -0.15) is 11.8 Å². The highest BCUT2D eigenvalue weighted by molar-refractivity contribution is 7.98. The third-order valence-electron chi connectivity index (χ3n) is 3.28. The van der Waals surface area contributed by atoms with Crippen molar-refractivity contribution in [1.82, 2.24) is 4.90 Å². The van der Waals surface area contributed by atoms with Crippen LogP contribution < -0.4 is 0 Å². The van der Waals surface area contributed by atoms with Gasteiger partial charge < -0.3 is 4.90 Å². The first-order valence-electron chi connectivity index (χ1n) is 7.07. The molecule has 0 unspecified atom stereocenters. The Balaban J connectivity index is 0.00000172. The highest BCUT2D eigenvalue weighted by Crippen LogP contribution is 2.21. The van der Waals surface area contributed by atoms with Crippen LogP contribution in [0.15, 0.2) is 43.5 Å². The van der Waals surface area contributed by atoms with Gasteiger partial charge in [-0.25, -0.2) is 0 Å². The van der Waals surface area contributed by atoms with Crippen molar-refractivity contribution in [3.63, 3.8) is 0 Å². The molecule has 2 heteroatoms. The third-order valence-corrected chi connectivity index (χ3v) is 3.87. The first kappa shape index (κ1) is 19.0. The Bertz CT molecular complexity index is 398. The van der Waals surface area contributed by atoms with Gasteiger partial charge in [-0.3, -0.25) is 0 Å². The summed E-state index contributed by atoms with van der Waals surface area (Å²) in [6, 6.07) is 8.66. The molecule has 0 N–H and O–H groups in total. The zero-order valence-corrected chi connectivity index (χ0v) is 14.3. The Morgan fingerprint density at radius 1 is 1.25 bits per heavy atom. The van der Waals surface area contributed by atoms with Crippen LogP contribution >= 0.6 is 11.8 Å². The van der Waals surface area contributed by atoms with Crippen LogP contribution in [0, 0.1) is 6.92 Å². The molecule has 0 aromatic heterocycles. The first-order valence-corrected chi connectivity index (χ1v) is 8.47. The van der Waals surface area contributed by atoms with Crippen molar-refractivity contribution >= 4 is 17.3 Å². The van der Waals surface area contributed by atoms with Gasteiger partial charge >= 0.3 is 0 Å². The number of benzene rings is 1. The minimum absolute atomic E-state index is 1.13. The zero-order valence-electron chi connectivity index (χ0n) is 13.5. The number of rotatable bonds is 7. The van der Waals surface area contributed by atoms with Gasteiger partial charge in [0.15, 0.2) is 0 Å². The molecule has 0 saturated carbocycles. The van der Waals surface area contributed by atoms with Gasteiger partial charge in [0.25, 0.3) is 0 Å². The van der Waals surface area contributed by atoms with Crippen molar-refractivity contribution in [3.05, 3.63) is 54.6 Å². The molecule has 1 nitrogen and oxygen atoms in total. The molecule has 0 bridgehead atoms. The molecule has 0 aliphatic heterocycles. The summed E-state index contributed by atoms with van der Waals surface area (Å²) in [5, 5.41) is 0. The lowest BCUT2D eigenvalue weighted by Crippen LogP contribution is -2.22. The molecule has 0 heterocycles. The molecule has 112 valence electrons. The van der Waals surface area contributed by atoms with Gasteiger partial charge in [0, 0.05) is 18.8 Å². The average molecular weight is 292 g/mol. The second kappa shape index (κ2) is 11.8. The zero-order chi connectivity index (χ0) is 15.4. The lowest BCUT2D eigenvalue weighted by molar-refractivity contribution is 0.365. The first-order chi connectivity index (χ1) is 9.69. The summed E-state index contributed by atoms with van der Waals surface area (Å²) in [5.41, 5.74) is 4.24. The summed E-state index contributed by atoms with van der Waals surface area (Å²) in [4.78, 5) is 2.41. The van der Waals surface area contributed by atoms with Crippen molar-refractivity contribution in [2.24, 2.45) is 0 Å². The fourth-order valence-electron chi connectivity index (χ4n) is 2.04. The molecule has 0 saturated heterocycles. The van der Waals surface area contributed by atoms with Crippen LogP contribution in [0.3, 0.4) is 0 Å². The van der Waals surface area contributed by atoms with Gasteiger partial charge in [-0.1, -0.05) is 30.3 Å². The largest absolute Gasteiger partial charge is 0.305 e. The van der Waals surface area contributed by atoms with Gasteiger partial charge in [0.2, 0.25) is 0 Å². The lowest BCUT2D eigenvalue weighted by Gasteiger charge is -2.18. The van der Waals surface area contributed by atoms with E-state index in [0.29, 0.717) is 0 Å². The molecule has 1 rings (SSSR count). The Kier molecular flexibility index (Phi) is 11.2. The van der Waals surface area contributed by atoms with E-state index >= 15 is 0 Å². The van der Waals surface area contributed by atoms with Crippen molar-refractivity contribution in [2.45, 2.75) is 20.3 Å². The average Bonchev–Trinajstić information content (AvgIpc) is 2.49. The van der Waals surface area contributed by atoms with Gasteiger partial charge in [0.05, 0.1) is 0 Å². The molecule has 20 heavy (non-hydrogen) atoms. The molecule has 0 radical (unpaired) electrons. The third kappa shape index (κ3) is 6.97. The van der Waals surface area contributed by atoms with E-state index in [9.17, 15) is 0 Å². The molecule has 0 fully saturated rings. The van der Waals surface area contributed by atoms with Gasteiger partial charge in [-0.05, 0) is 50.3 Å². The maximum Gasteiger partial charge on any atom is 0.00693 e. The van der Waals surface area contributed by atoms with E-state index in [0.717, 1.165) is 13.0 Å². The van der Waals surface area contributed by atoms with Crippen molar-refractivity contribution < 1.29 is 0 Å². The fraction of sp³-hybridized carbons (Fsp3) is 0.444. The van der Waals surface area contributed by atoms with Crippen LogP contribution in [-0.2, 0) is 0 Å². The van der Waals surface area contributed by atoms with Gasteiger partial charge in [-0.15, -0.1) is 13.2 Å². The second-order valence-corrected chi connectivity index (χ2v) is 5.66. The van der Waals surface area contributed by atoms with E-state index in [2.05, 4.69) is 75.6 Å². The van der Waals surface area contributed by atoms with Crippen molar-refractivity contribution in [3.8, 4) is 0 Å². The highest BCUT2D eigenvalue weighted by Gasteiger charge is 2.05. The predicted molar refractivity (Wildman–Crippen MR) is 96.6 cm³/mol. The summed E-state index contributed by atoms with van der Waals surface area (Å²) in [7, 11) is 2.21. The predicted octanol–water partition coefficient (Wildman–Crippen LogP) is 4.89. The molecular weight excluding hydrogens is 262 g/mol. The number of nitrogens with zero attached hydrogens (tertiary/aromatic N) is 1. The van der Waals surface area contributed by atoms with Crippen LogP contribution in [0.2, 0.25) is 0 Å². The quantitative estimate of drug-likeness (QED) is 0.658. The van der Waals surface area contributed by atoms with Crippen molar-refractivity contribution in [1.29, 1.82) is 0 Å². The summed E-state index contributed by atoms with van der Waals surface area (Å²) >= 11 is 1.91. The Morgan fingerprint density at radius 3 is 2.45 bits per heavy atom. The summed E-state index contributed by atoms with van der Waals surface area (Å²) in [6.07, 6.45) is 5.55. The SMILES string of the molecule is C/C=C(/CCN(C)CCSC)c1ccccc1C.C=C. The van der Waals surface area contributed by atoms with Gasteiger partial charge in [0.1, 0.15) is 0 Å². The molecule has 0 amide bonds. The number of thioether (sulfide) groups is 1. The van der Waals surface area contributed by atoms with Crippen LogP contribution in [0.4, 0.5) is 0 Å². The Labute approximate surface area is 129 Å². The van der Waals surface area contributed by atoms with E-state index in [1.54, 1.807) is 0 Å². The minimum Gasteiger partial charge on any atom is -0.305 e. The standard InChI is InChI=1S/C16H25NS.C2H4/c1-5-15(10-11-17(3)12-13-18-4)16-9-7-6-8-14(16)2;1-2/h5-9H,10-13H2,1-4H3;1-2H2/b15-5-;. The topological polar surface area (TPSA) is 3.24 Å². The lowest BCUT2D eigenvalue weighted by atomic mass is 9.98. The molecular formula is C18H29NS. The minimum atomic E-state index is 1.13. The van der Waals surface area contributed by atoms with Crippen LogP contribution in [0.5, 0.6) is 0 Å². The van der Waals surface area contributed by atoms with Crippen LogP contribution in [-0.4, -0.2) is 37.0 Å². The van der Waals surface area contributed by atoms with E-state index in [4.69, 9.17) is 0 Å². The smallest absolute Gasteiger partial charge is 0.00693 e. The monoisotopic (exact) mass is 291 g/mol. The van der Waals surface area contributed by atoms with Crippen molar-refractivity contribution in [2.75, 3.05) is 32.1 Å². The molecule has 0 aliphatic carbocycles. The second-order valence-electron chi connectivity index (χ2n) is 4.67. The molecule has 1 aromatic carbocycles. The number of hydrogen-bond donors (Lipinski definition) is 0. The summed E-state index contributed by atoms with van der Waals surface area (Å²) < 4.78 is 0. The van der Waals surface area contributed by atoms with E-state index in [1.807, 2.05) is 11.8 Å². The number of hydrogen-bond acceptors (Lipinski definition) is 2. The molecule has 0 spiro atoms. The van der Waals surface area contributed by atoms with E-state index < -0.39 is 0 Å². The summed E-state index contributed by atoms with van der Waals surface area (Å²) in [6.45, 7) is 12.6. The van der Waals surface area contributed by atoms with E-state index in [1.165, 1.54) is 29.0 Å². The van der Waals surface area contributed by atoms with Crippen LogP contribution in [0.25, 0.3) is 5.57 Å². The maximum atomic E-state index is 3.00. The Hall–Kier alpha value is -0.990. The van der Waals surface area contributed by atoms with Crippen LogP contribution in [0.1, 0.15) is 24.5 Å². The molecule has 0 aliphatic rings. The molecule has 1 aromatic rings.